The van der Waals surface area contributed by atoms with Crippen molar-refractivity contribution in [1.82, 2.24) is 10.6 Å². The zero-order valence-electron chi connectivity index (χ0n) is 17.3. The highest BCUT2D eigenvalue weighted by atomic mass is 35.5. The summed E-state index contributed by atoms with van der Waals surface area (Å²) in [4.78, 5) is 25.2. The molecule has 0 saturated heterocycles. The first-order chi connectivity index (χ1) is 13.4. The van der Waals surface area contributed by atoms with E-state index in [0.717, 1.165) is 49.0 Å². The van der Waals surface area contributed by atoms with Gasteiger partial charge in [0.05, 0.1) is 0 Å². The number of benzene rings is 1. The van der Waals surface area contributed by atoms with Crippen LogP contribution in [-0.4, -0.2) is 24.4 Å². The highest BCUT2D eigenvalue weighted by Crippen LogP contribution is 2.60. The highest BCUT2D eigenvalue weighted by molar-refractivity contribution is 5.94. The third-order valence-corrected chi connectivity index (χ3v) is 7.07. The van der Waals surface area contributed by atoms with E-state index >= 15 is 0 Å². The summed E-state index contributed by atoms with van der Waals surface area (Å²) in [6.45, 7) is 3.05. The van der Waals surface area contributed by atoms with Crippen LogP contribution in [0.3, 0.4) is 0 Å². The fourth-order valence-corrected chi connectivity index (χ4v) is 6.05. The molecule has 0 heterocycles. The Morgan fingerprint density at radius 1 is 1.03 bits per heavy atom. The number of carbonyl (C=O) groups excluding carboxylic acids is 2. The molecule has 0 aliphatic heterocycles. The minimum atomic E-state index is -0.102. The van der Waals surface area contributed by atoms with Gasteiger partial charge in [-0.1, -0.05) is 12.1 Å². The van der Waals surface area contributed by atoms with Crippen molar-refractivity contribution in [3.05, 3.63) is 35.4 Å². The van der Waals surface area contributed by atoms with Crippen molar-refractivity contribution in [3.8, 4) is 0 Å². The summed E-state index contributed by atoms with van der Waals surface area (Å²) in [5, 5.41) is 6.08. The summed E-state index contributed by atoms with van der Waals surface area (Å²) in [7, 11) is 0. The predicted octanol–water partition coefficient (Wildman–Crippen LogP) is 3.41. The van der Waals surface area contributed by atoms with Crippen LogP contribution in [-0.2, 0) is 11.3 Å². The molecule has 4 saturated carbocycles. The van der Waals surface area contributed by atoms with Crippen molar-refractivity contribution in [3.63, 3.8) is 0 Å². The van der Waals surface area contributed by atoms with Crippen molar-refractivity contribution in [2.24, 2.45) is 28.9 Å². The number of hydrogen-bond acceptors (Lipinski definition) is 3. The average Bonchev–Trinajstić information content (AvgIpc) is 2.65. The molecule has 4 aliphatic carbocycles. The molecule has 2 amide bonds. The summed E-state index contributed by atoms with van der Waals surface area (Å²) in [6, 6.07) is 7.60. The lowest BCUT2D eigenvalue weighted by atomic mass is 9.49. The van der Waals surface area contributed by atoms with Gasteiger partial charge < -0.3 is 16.4 Å². The third-order valence-electron chi connectivity index (χ3n) is 7.07. The number of nitrogens with two attached hydrogens (primary N) is 1. The summed E-state index contributed by atoms with van der Waals surface area (Å²) >= 11 is 0. The number of carbonyl (C=O) groups is 2. The summed E-state index contributed by atoms with van der Waals surface area (Å²) in [6.07, 6.45) is 8.07. The molecule has 4 fully saturated rings. The first kappa shape index (κ1) is 22.1. The van der Waals surface area contributed by atoms with Gasteiger partial charge in [0, 0.05) is 30.1 Å². The Morgan fingerprint density at radius 2 is 1.59 bits per heavy atom. The van der Waals surface area contributed by atoms with E-state index in [-0.39, 0.29) is 35.7 Å². The summed E-state index contributed by atoms with van der Waals surface area (Å²) in [5.41, 5.74) is 7.27. The van der Waals surface area contributed by atoms with Crippen LogP contribution < -0.4 is 16.4 Å². The van der Waals surface area contributed by atoms with E-state index in [2.05, 4.69) is 10.6 Å². The smallest absolute Gasteiger partial charge is 0.251 e. The third kappa shape index (κ3) is 4.95. The molecule has 0 aromatic heterocycles. The highest BCUT2D eigenvalue weighted by Gasteiger charge is 2.54. The fourth-order valence-electron chi connectivity index (χ4n) is 6.05. The minimum absolute atomic E-state index is 0. The van der Waals surface area contributed by atoms with Crippen LogP contribution in [0.15, 0.2) is 24.3 Å². The number of amides is 2. The maximum Gasteiger partial charge on any atom is 0.251 e. The van der Waals surface area contributed by atoms with E-state index in [0.29, 0.717) is 18.7 Å². The SMILES string of the molecule is CC(N)CCNC(=O)c1ccc(CNC(=O)C23CC4CC(CC(C4)C2)C3)cc1.Cl. The molecule has 1 unspecified atom stereocenters. The molecule has 1 aromatic carbocycles. The van der Waals surface area contributed by atoms with Gasteiger partial charge >= 0.3 is 0 Å². The van der Waals surface area contributed by atoms with Gasteiger partial charge in [0.1, 0.15) is 0 Å². The van der Waals surface area contributed by atoms with Crippen molar-refractivity contribution < 1.29 is 9.59 Å². The molecule has 5 rings (SSSR count). The molecule has 4 N–H and O–H groups in total. The molecule has 0 spiro atoms. The largest absolute Gasteiger partial charge is 0.352 e. The van der Waals surface area contributed by atoms with Crippen LogP contribution in [0.4, 0.5) is 0 Å². The molecule has 160 valence electrons. The van der Waals surface area contributed by atoms with Gasteiger partial charge in [0.2, 0.25) is 5.91 Å². The standard InChI is InChI=1S/C23H33N3O2.ClH/c1-15(24)6-7-25-21(27)20-4-2-16(3-5-20)14-26-22(28)23-11-17-8-18(12-23)10-19(9-17)13-23;/h2-5,15,17-19H,6-14,24H2,1H3,(H,25,27)(H,26,28);1H. The van der Waals surface area contributed by atoms with Crippen LogP contribution in [0.2, 0.25) is 0 Å². The predicted molar refractivity (Wildman–Crippen MR) is 117 cm³/mol. The number of hydrogen-bond donors (Lipinski definition) is 3. The Hall–Kier alpha value is -1.59. The van der Waals surface area contributed by atoms with Crippen LogP contribution in [0, 0.1) is 23.2 Å². The Kier molecular flexibility index (Phi) is 6.90. The van der Waals surface area contributed by atoms with Crippen molar-refractivity contribution in [1.29, 1.82) is 0 Å². The normalized spacial score (nSPS) is 30.3. The number of halogens is 1. The van der Waals surface area contributed by atoms with E-state index in [1.807, 2.05) is 31.2 Å². The molecule has 1 aromatic rings. The Labute approximate surface area is 180 Å². The lowest BCUT2D eigenvalue weighted by molar-refractivity contribution is -0.146. The summed E-state index contributed by atoms with van der Waals surface area (Å²) < 4.78 is 0. The van der Waals surface area contributed by atoms with Crippen LogP contribution in [0.1, 0.15) is 67.8 Å². The molecular formula is C23H34ClN3O2. The Bertz CT molecular complexity index is 697. The molecule has 5 nitrogen and oxygen atoms in total. The molecule has 0 radical (unpaired) electrons. The van der Waals surface area contributed by atoms with E-state index in [1.165, 1.54) is 19.3 Å². The summed E-state index contributed by atoms with van der Waals surface area (Å²) in [5.74, 6) is 2.50. The monoisotopic (exact) mass is 419 g/mol. The lowest BCUT2D eigenvalue weighted by Gasteiger charge is -2.55. The van der Waals surface area contributed by atoms with Gasteiger partial charge in [-0.2, -0.15) is 0 Å². The van der Waals surface area contributed by atoms with E-state index in [1.54, 1.807) is 0 Å². The molecule has 6 heteroatoms. The van der Waals surface area contributed by atoms with Crippen molar-refractivity contribution >= 4 is 24.2 Å². The minimum Gasteiger partial charge on any atom is -0.352 e. The van der Waals surface area contributed by atoms with Gasteiger partial charge in [0.15, 0.2) is 0 Å². The van der Waals surface area contributed by atoms with Gasteiger partial charge in [0.25, 0.3) is 5.91 Å². The molecule has 29 heavy (non-hydrogen) atoms. The fraction of sp³-hybridized carbons (Fsp3) is 0.652. The topological polar surface area (TPSA) is 84.2 Å². The van der Waals surface area contributed by atoms with Crippen LogP contribution >= 0.6 is 12.4 Å². The Balaban J connectivity index is 0.00000240. The maximum absolute atomic E-state index is 13.0. The average molecular weight is 420 g/mol. The molecule has 4 bridgehead atoms. The molecule has 1 atom stereocenters. The van der Waals surface area contributed by atoms with Gasteiger partial charge in [-0.15, -0.1) is 12.4 Å². The lowest BCUT2D eigenvalue weighted by Crippen LogP contribution is -2.53. The van der Waals surface area contributed by atoms with E-state index in [9.17, 15) is 9.59 Å². The molecular weight excluding hydrogens is 386 g/mol. The number of rotatable bonds is 7. The quantitative estimate of drug-likeness (QED) is 0.633. The second-order valence-corrected chi connectivity index (χ2v) is 9.60. The first-order valence-corrected chi connectivity index (χ1v) is 10.8. The van der Waals surface area contributed by atoms with Gasteiger partial charge in [-0.3, -0.25) is 9.59 Å². The second-order valence-electron chi connectivity index (χ2n) is 9.60. The second kappa shape index (κ2) is 9.05. The van der Waals surface area contributed by atoms with Gasteiger partial charge in [-0.25, -0.2) is 0 Å². The number of nitrogens with one attached hydrogen (secondary N) is 2. The zero-order valence-corrected chi connectivity index (χ0v) is 18.1. The van der Waals surface area contributed by atoms with Crippen molar-refractivity contribution in [2.45, 2.75) is 64.5 Å². The Morgan fingerprint density at radius 3 is 2.10 bits per heavy atom. The van der Waals surface area contributed by atoms with Crippen LogP contribution in [0.5, 0.6) is 0 Å². The van der Waals surface area contributed by atoms with Gasteiger partial charge in [-0.05, 0) is 87.3 Å². The molecule has 4 aliphatic rings. The maximum atomic E-state index is 13.0. The zero-order chi connectivity index (χ0) is 19.7. The van der Waals surface area contributed by atoms with E-state index in [4.69, 9.17) is 5.73 Å². The van der Waals surface area contributed by atoms with Crippen molar-refractivity contribution in [2.75, 3.05) is 6.54 Å². The van der Waals surface area contributed by atoms with E-state index < -0.39 is 0 Å². The first-order valence-electron chi connectivity index (χ1n) is 10.8. The van der Waals surface area contributed by atoms with Crippen LogP contribution in [0.25, 0.3) is 0 Å².